The number of benzene rings is 1. The number of nitrogens with zero attached hydrogens (tertiary/aromatic N) is 2. The Balaban J connectivity index is 1.45. The monoisotopic (exact) mass is 499 g/mol. The molecule has 36 heavy (non-hydrogen) atoms. The fraction of sp³-hybridized carbons (Fsp3) is 0.520. The molecule has 2 fully saturated rings. The number of rotatable bonds is 8. The number of carbonyl (C=O) groups is 4. The highest BCUT2D eigenvalue weighted by Crippen LogP contribution is 2.26. The molecule has 5 unspecified atom stereocenters. The fourth-order valence-corrected chi connectivity index (χ4v) is 5.17. The van der Waals surface area contributed by atoms with Crippen molar-refractivity contribution in [1.82, 2.24) is 20.1 Å². The Hall–Kier alpha value is -3.44. The first-order valence-electron chi connectivity index (χ1n) is 12.3. The van der Waals surface area contributed by atoms with Gasteiger partial charge in [0.2, 0.25) is 17.7 Å². The van der Waals surface area contributed by atoms with E-state index >= 15 is 0 Å². The van der Waals surface area contributed by atoms with E-state index < -0.39 is 48.1 Å². The Kier molecular flexibility index (Phi) is 7.60. The lowest BCUT2D eigenvalue weighted by Gasteiger charge is -2.32. The summed E-state index contributed by atoms with van der Waals surface area (Å²) in [6.07, 6.45) is 2.84. The molecule has 194 valence electrons. The van der Waals surface area contributed by atoms with Gasteiger partial charge in [0.15, 0.2) is 0 Å². The lowest BCUT2D eigenvalue weighted by molar-refractivity contribution is -0.148. The highest BCUT2D eigenvalue weighted by Gasteiger charge is 2.43. The van der Waals surface area contributed by atoms with Crippen molar-refractivity contribution in [1.29, 1.82) is 0 Å². The van der Waals surface area contributed by atoms with Crippen LogP contribution in [0, 0.1) is 0 Å². The summed E-state index contributed by atoms with van der Waals surface area (Å²) >= 11 is 0. The van der Waals surface area contributed by atoms with Gasteiger partial charge in [0.25, 0.3) is 0 Å². The Bertz CT molecular complexity index is 1150. The maximum atomic E-state index is 13.4. The number of aliphatic hydroxyl groups excluding tert-OH is 1. The Labute approximate surface area is 208 Å². The average Bonchev–Trinajstić information content (AvgIpc) is 3.62. The molecule has 2 aliphatic rings. The van der Waals surface area contributed by atoms with E-state index in [1.807, 2.05) is 24.3 Å². The van der Waals surface area contributed by atoms with Crippen LogP contribution in [-0.4, -0.2) is 92.0 Å². The van der Waals surface area contributed by atoms with Crippen molar-refractivity contribution in [2.45, 2.75) is 69.3 Å². The van der Waals surface area contributed by atoms with Gasteiger partial charge in [-0.05, 0) is 44.2 Å². The van der Waals surface area contributed by atoms with Gasteiger partial charge in [-0.2, -0.15) is 0 Å². The quantitative estimate of drug-likeness (QED) is 0.340. The number of amides is 3. The molecule has 0 saturated carbocycles. The third kappa shape index (κ3) is 5.07. The second-order valence-electron chi connectivity index (χ2n) is 9.61. The number of fused-ring (bicyclic) bond motifs is 1. The number of carbonyl (C=O) groups excluding carboxylic acids is 3. The third-order valence-electron chi connectivity index (χ3n) is 7.18. The van der Waals surface area contributed by atoms with Gasteiger partial charge < -0.3 is 36.0 Å². The number of aromatic nitrogens is 1. The summed E-state index contributed by atoms with van der Waals surface area (Å²) in [7, 11) is 0. The van der Waals surface area contributed by atoms with Gasteiger partial charge in [-0.3, -0.25) is 14.4 Å². The van der Waals surface area contributed by atoms with Gasteiger partial charge in [0.1, 0.15) is 24.2 Å². The van der Waals surface area contributed by atoms with Crippen molar-refractivity contribution >= 4 is 34.6 Å². The van der Waals surface area contributed by atoms with Crippen LogP contribution in [0.5, 0.6) is 0 Å². The molecule has 3 heterocycles. The first-order chi connectivity index (χ1) is 17.2. The summed E-state index contributed by atoms with van der Waals surface area (Å²) < 4.78 is 0. The summed E-state index contributed by atoms with van der Waals surface area (Å²) in [5.41, 5.74) is 7.46. The molecule has 0 spiro atoms. The Morgan fingerprint density at radius 3 is 2.47 bits per heavy atom. The van der Waals surface area contributed by atoms with Crippen LogP contribution in [0.4, 0.5) is 0 Å². The molecule has 11 heteroatoms. The molecule has 0 bridgehead atoms. The van der Waals surface area contributed by atoms with E-state index in [0.717, 1.165) is 16.5 Å². The Morgan fingerprint density at radius 1 is 1.11 bits per heavy atom. The number of para-hydroxylation sites is 1. The Morgan fingerprint density at radius 2 is 1.78 bits per heavy atom. The van der Waals surface area contributed by atoms with Gasteiger partial charge in [-0.25, -0.2) is 4.79 Å². The maximum Gasteiger partial charge on any atom is 0.326 e. The minimum atomic E-state index is -1.16. The van der Waals surface area contributed by atoms with Gasteiger partial charge in [-0.15, -0.1) is 0 Å². The van der Waals surface area contributed by atoms with Crippen LogP contribution in [-0.2, 0) is 25.6 Å². The van der Waals surface area contributed by atoms with Crippen molar-refractivity contribution in [2.75, 3.05) is 13.1 Å². The molecule has 11 nitrogen and oxygen atoms in total. The van der Waals surface area contributed by atoms with Crippen molar-refractivity contribution in [3.05, 3.63) is 36.0 Å². The van der Waals surface area contributed by atoms with Crippen LogP contribution in [0.2, 0.25) is 0 Å². The second kappa shape index (κ2) is 10.7. The SMILES string of the molecule is CC(O)C(N)C(=O)N1CCCC1C(=O)N1CCCC1C(=O)NC(Cc1c[nH]c2ccccc12)C(=O)O. The molecule has 3 amide bonds. The van der Waals surface area contributed by atoms with E-state index in [4.69, 9.17) is 5.73 Å². The molecular formula is C25H33N5O6. The minimum Gasteiger partial charge on any atom is -0.480 e. The maximum absolute atomic E-state index is 13.4. The number of likely N-dealkylation sites (tertiary alicyclic amines) is 2. The summed E-state index contributed by atoms with van der Waals surface area (Å²) in [5, 5.41) is 23.0. The van der Waals surface area contributed by atoms with Crippen LogP contribution in [0.1, 0.15) is 38.2 Å². The van der Waals surface area contributed by atoms with Crippen LogP contribution in [0.3, 0.4) is 0 Å². The van der Waals surface area contributed by atoms with E-state index in [1.165, 1.54) is 16.7 Å². The topological polar surface area (TPSA) is 169 Å². The molecule has 1 aromatic heterocycles. The van der Waals surface area contributed by atoms with E-state index in [0.29, 0.717) is 38.8 Å². The molecule has 0 radical (unpaired) electrons. The van der Waals surface area contributed by atoms with E-state index in [-0.39, 0.29) is 12.3 Å². The largest absolute Gasteiger partial charge is 0.480 e. The summed E-state index contributed by atoms with van der Waals surface area (Å²) in [6.45, 7) is 2.12. The molecule has 2 aliphatic heterocycles. The zero-order valence-electron chi connectivity index (χ0n) is 20.2. The molecule has 4 rings (SSSR count). The number of carboxylic acid groups (broad SMARTS) is 1. The van der Waals surface area contributed by atoms with Crippen molar-refractivity contribution in [3.8, 4) is 0 Å². The number of carboxylic acids is 1. The van der Waals surface area contributed by atoms with Crippen molar-refractivity contribution < 1.29 is 29.4 Å². The number of hydrogen-bond donors (Lipinski definition) is 5. The number of H-pyrrole nitrogens is 1. The highest BCUT2D eigenvalue weighted by molar-refractivity contribution is 5.95. The standard InChI is InChI=1S/C25H33N5O6/c1-14(31)21(26)24(34)30-11-5-9-20(30)23(33)29-10-4-8-19(29)22(32)28-18(25(35)36)12-15-13-27-17-7-3-2-6-16(15)17/h2-3,6-7,13-14,18-21,27,31H,4-5,8-12,26H2,1H3,(H,28,32)(H,35,36). The lowest BCUT2D eigenvalue weighted by Crippen LogP contribution is -2.57. The number of aromatic amines is 1. The first kappa shape index (κ1) is 25.6. The van der Waals surface area contributed by atoms with E-state index in [2.05, 4.69) is 10.3 Å². The van der Waals surface area contributed by atoms with Crippen molar-refractivity contribution in [3.63, 3.8) is 0 Å². The number of aliphatic carboxylic acids is 1. The third-order valence-corrected chi connectivity index (χ3v) is 7.18. The fourth-order valence-electron chi connectivity index (χ4n) is 5.17. The predicted octanol–water partition coefficient (Wildman–Crippen LogP) is -0.0301. The van der Waals surface area contributed by atoms with E-state index in [9.17, 15) is 29.4 Å². The van der Waals surface area contributed by atoms with Crippen LogP contribution >= 0.6 is 0 Å². The minimum absolute atomic E-state index is 0.0912. The zero-order chi connectivity index (χ0) is 26.0. The molecule has 5 atom stereocenters. The molecule has 0 aliphatic carbocycles. The zero-order valence-corrected chi connectivity index (χ0v) is 20.2. The molecular weight excluding hydrogens is 466 g/mol. The number of nitrogens with one attached hydrogen (secondary N) is 2. The van der Waals surface area contributed by atoms with Crippen LogP contribution in [0.25, 0.3) is 10.9 Å². The van der Waals surface area contributed by atoms with Crippen molar-refractivity contribution in [2.24, 2.45) is 5.73 Å². The molecule has 1 aromatic carbocycles. The second-order valence-corrected chi connectivity index (χ2v) is 9.61. The lowest BCUT2D eigenvalue weighted by atomic mass is 10.0. The first-order valence-corrected chi connectivity index (χ1v) is 12.3. The number of hydrogen-bond acceptors (Lipinski definition) is 6. The summed E-state index contributed by atoms with van der Waals surface area (Å²) in [6, 6.07) is 3.66. The highest BCUT2D eigenvalue weighted by atomic mass is 16.4. The van der Waals surface area contributed by atoms with Gasteiger partial charge in [0, 0.05) is 36.6 Å². The van der Waals surface area contributed by atoms with Gasteiger partial charge in [0.05, 0.1) is 6.10 Å². The van der Waals surface area contributed by atoms with Gasteiger partial charge in [-0.1, -0.05) is 18.2 Å². The van der Waals surface area contributed by atoms with E-state index in [1.54, 1.807) is 6.20 Å². The summed E-state index contributed by atoms with van der Waals surface area (Å²) in [5.74, 6) is -2.53. The number of nitrogens with two attached hydrogens (primary N) is 1. The smallest absolute Gasteiger partial charge is 0.326 e. The predicted molar refractivity (Wildman–Crippen MR) is 131 cm³/mol. The normalized spacial score (nSPS) is 22.4. The summed E-state index contributed by atoms with van der Waals surface area (Å²) in [4.78, 5) is 57.3. The van der Waals surface area contributed by atoms with Gasteiger partial charge >= 0.3 is 5.97 Å². The van der Waals surface area contributed by atoms with Crippen LogP contribution < -0.4 is 11.1 Å². The average molecular weight is 500 g/mol. The van der Waals surface area contributed by atoms with Crippen LogP contribution in [0.15, 0.2) is 30.5 Å². The molecule has 2 aromatic rings. The molecule has 6 N–H and O–H groups in total. The number of aliphatic hydroxyl groups is 1. The molecule has 2 saturated heterocycles.